The molecule has 1 unspecified atom stereocenters. The fraction of sp³-hybridized carbons (Fsp3) is 0.364. The zero-order valence-corrected chi connectivity index (χ0v) is 9.53. The van der Waals surface area contributed by atoms with Gasteiger partial charge in [0.25, 0.3) is 0 Å². The van der Waals surface area contributed by atoms with Gasteiger partial charge in [0, 0.05) is 19.1 Å². The summed E-state index contributed by atoms with van der Waals surface area (Å²) in [5, 5.41) is 10.3. The van der Waals surface area contributed by atoms with Gasteiger partial charge in [-0.3, -0.25) is 4.79 Å². The van der Waals surface area contributed by atoms with Gasteiger partial charge in [0.2, 0.25) is 5.91 Å². The molecule has 1 atom stereocenters. The Morgan fingerprint density at radius 2 is 2.07 bits per heavy atom. The highest BCUT2D eigenvalue weighted by molar-refractivity contribution is 6.31. The molecule has 15 heavy (non-hydrogen) atoms. The van der Waals surface area contributed by atoms with Gasteiger partial charge < -0.3 is 10.0 Å². The molecule has 0 radical (unpaired) electrons. The van der Waals surface area contributed by atoms with Crippen LogP contribution in [0.15, 0.2) is 24.3 Å². The van der Waals surface area contributed by atoms with E-state index in [2.05, 4.69) is 0 Å². The van der Waals surface area contributed by atoms with Gasteiger partial charge >= 0.3 is 0 Å². The van der Waals surface area contributed by atoms with Crippen LogP contribution in [0, 0.1) is 0 Å². The molecule has 0 fully saturated rings. The molecule has 0 aliphatic carbocycles. The monoisotopic (exact) mass is 227 g/mol. The number of rotatable bonds is 3. The molecule has 0 aliphatic heterocycles. The topological polar surface area (TPSA) is 40.5 Å². The van der Waals surface area contributed by atoms with Gasteiger partial charge in [0.05, 0.1) is 12.5 Å². The van der Waals surface area contributed by atoms with Crippen molar-refractivity contribution in [2.24, 2.45) is 0 Å². The highest BCUT2D eigenvalue weighted by Gasteiger charge is 2.16. The first-order valence-corrected chi connectivity index (χ1v) is 5.03. The second-order valence-electron chi connectivity index (χ2n) is 3.53. The number of amides is 1. The van der Waals surface area contributed by atoms with Gasteiger partial charge in [-0.15, -0.1) is 0 Å². The number of carbonyl (C=O) groups excluding carboxylic acids is 1. The minimum atomic E-state index is -0.839. The summed E-state index contributed by atoms with van der Waals surface area (Å²) < 4.78 is 0. The number of nitrogens with zero attached hydrogens (tertiary/aromatic N) is 1. The molecule has 0 saturated carbocycles. The van der Waals surface area contributed by atoms with Crippen molar-refractivity contribution in [2.75, 3.05) is 14.1 Å². The maximum absolute atomic E-state index is 11.4. The molecule has 0 spiro atoms. The summed E-state index contributed by atoms with van der Waals surface area (Å²) in [6, 6.07) is 6.98. The lowest BCUT2D eigenvalue weighted by atomic mass is 10.1. The van der Waals surface area contributed by atoms with Gasteiger partial charge in [-0.25, -0.2) is 0 Å². The van der Waals surface area contributed by atoms with E-state index in [-0.39, 0.29) is 12.3 Å². The summed E-state index contributed by atoms with van der Waals surface area (Å²) in [5.74, 6) is -0.123. The van der Waals surface area contributed by atoms with Crippen molar-refractivity contribution in [2.45, 2.75) is 12.5 Å². The van der Waals surface area contributed by atoms with E-state index in [9.17, 15) is 9.90 Å². The molecule has 0 aromatic heterocycles. The molecule has 0 heterocycles. The summed E-state index contributed by atoms with van der Waals surface area (Å²) in [7, 11) is 3.31. The molecule has 0 bridgehead atoms. The largest absolute Gasteiger partial charge is 0.388 e. The van der Waals surface area contributed by atoms with Gasteiger partial charge in [0.1, 0.15) is 0 Å². The lowest BCUT2D eigenvalue weighted by molar-refractivity contribution is -0.130. The highest BCUT2D eigenvalue weighted by atomic mass is 35.5. The zero-order chi connectivity index (χ0) is 11.4. The van der Waals surface area contributed by atoms with Crippen LogP contribution in [0.4, 0.5) is 0 Å². The number of benzene rings is 1. The molecule has 1 aromatic rings. The van der Waals surface area contributed by atoms with Crippen molar-refractivity contribution in [3.05, 3.63) is 34.9 Å². The number of aliphatic hydroxyl groups excluding tert-OH is 1. The van der Waals surface area contributed by atoms with Crippen molar-refractivity contribution in [3.63, 3.8) is 0 Å². The SMILES string of the molecule is CN(C)C(=O)CC(O)c1ccccc1Cl. The third-order valence-corrected chi connectivity index (χ3v) is 2.48. The van der Waals surface area contributed by atoms with Gasteiger partial charge in [0.15, 0.2) is 0 Å². The molecular weight excluding hydrogens is 214 g/mol. The maximum Gasteiger partial charge on any atom is 0.225 e. The van der Waals surface area contributed by atoms with Crippen molar-refractivity contribution in [1.82, 2.24) is 4.90 Å². The Balaban J connectivity index is 2.73. The van der Waals surface area contributed by atoms with Gasteiger partial charge in [-0.2, -0.15) is 0 Å². The number of hydrogen-bond acceptors (Lipinski definition) is 2. The van der Waals surface area contributed by atoms with Crippen LogP contribution >= 0.6 is 11.6 Å². The number of aliphatic hydroxyl groups is 1. The van der Waals surface area contributed by atoms with E-state index in [0.717, 1.165) is 0 Å². The number of hydrogen-bond donors (Lipinski definition) is 1. The average Bonchev–Trinajstić information content (AvgIpc) is 2.18. The Morgan fingerprint density at radius 3 is 2.60 bits per heavy atom. The molecule has 1 rings (SSSR count). The molecule has 1 amide bonds. The predicted octanol–water partition coefficient (Wildman–Crippen LogP) is 1.85. The summed E-state index contributed by atoms with van der Waals surface area (Å²) in [5.41, 5.74) is 0.592. The third-order valence-electron chi connectivity index (χ3n) is 2.13. The lowest BCUT2D eigenvalue weighted by Crippen LogP contribution is -2.23. The smallest absolute Gasteiger partial charge is 0.225 e. The van der Waals surface area contributed by atoms with Crippen LogP contribution in [0.25, 0.3) is 0 Å². The van der Waals surface area contributed by atoms with Crippen molar-refractivity contribution in [1.29, 1.82) is 0 Å². The van der Waals surface area contributed by atoms with Crippen LogP contribution in [-0.4, -0.2) is 30.0 Å². The van der Waals surface area contributed by atoms with Gasteiger partial charge in [-0.05, 0) is 11.6 Å². The Bertz CT molecular complexity index is 352. The molecule has 0 aliphatic rings. The highest BCUT2D eigenvalue weighted by Crippen LogP contribution is 2.24. The molecule has 3 nitrogen and oxygen atoms in total. The van der Waals surface area contributed by atoms with E-state index in [1.807, 2.05) is 0 Å². The number of carbonyl (C=O) groups is 1. The van der Waals surface area contributed by atoms with E-state index in [0.29, 0.717) is 10.6 Å². The molecule has 82 valence electrons. The second kappa shape index (κ2) is 5.14. The van der Waals surface area contributed by atoms with Crippen LogP contribution in [0.1, 0.15) is 18.1 Å². The summed E-state index contributed by atoms with van der Waals surface area (Å²) in [4.78, 5) is 12.8. The van der Waals surface area contributed by atoms with Crippen LogP contribution in [0.3, 0.4) is 0 Å². The Kier molecular flexibility index (Phi) is 4.12. The first kappa shape index (κ1) is 12.0. The van der Waals surface area contributed by atoms with E-state index < -0.39 is 6.10 Å². The summed E-state index contributed by atoms with van der Waals surface area (Å²) in [6.45, 7) is 0. The summed E-state index contributed by atoms with van der Waals surface area (Å²) in [6.07, 6.45) is -0.787. The molecular formula is C11H14ClNO2. The van der Waals surface area contributed by atoms with Crippen molar-refractivity contribution >= 4 is 17.5 Å². The minimum Gasteiger partial charge on any atom is -0.388 e. The van der Waals surface area contributed by atoms with E-state index in [1.54, 1.807) is 38.4 Å². The lowest BCUT2D eigenvalue weighted by Gasteiger charge is -2.15. The fourth-order valence-electron chi connectivity index (χ4n) is 1.20. The molecule has 1 aromatic carbocycles. The molecule has 4 heteroatoms. The first-order valence-electron chi connectivity index (χ1n) is 4.65. The molecule has 1 N–H and O–H groups in total. The standard InChI is InChI=1S/C11H14ClNO2/c1-13(2)11(15)7-10(14)8-5-3-4-6-9(8)12/h3-6,10,14H,7H2,1-2H3. The Morgan fingerprint density at radius 1 is 1.47 bits per heavy atom. The second-order valence-corrected chi connectivity index (χ2v) is 3.94. The number of halogens is 1. The first-order chi connectivity index (χ1) is 7.02. The summed E-state index contributed by atoms with van der Waals surface area (Å²) >= 11 is 5.90. The zero-order valence-electron chi connectivity index (χ0n) is 8.77. The third kappa shape index (κ3) is 3.22. The fourth-order valence-corrected chi connectivity index (χ4v) is 1.46. The van der Waals surface area contributed by atoms with Crippen LogP contribution in [-0.2, 0) is 4.79 Å². The Labute approximate surface area is 94.3 Å². The van der Waals surface area contributed by atoms with Crippen LogP contribution in [0.5, 0.6) is 0 Å². The van der Waals surface area contributed by atoms with Gasteiger partial charge in [-0.1, -0.05) is 29.8 Å². The quantitative estimate of drug-likeness (QED) is 0.856. The maximum atomic E-state index is 11.4. The van der Waals surface area contributed by atoms with Crippen molar-refractivity contribution < 1.29 is 9.90 Å². The minimum absolute atomic E-state index is 0.0523. The predicted molar refractivity (Wildman–Crippen MR) is 59.7 cm³/mol. The Hall–Kier alpha value is -1.06. The van der Waals surface area contributed by atoms with E-state index in [1.165, 1.54) is 4.90 Å². The van der Waals surface area contributed by atoms with Crippen molar-refractivity contribution in [3.8, 4) is 0 Å². The normalized spacial score (nSPS) is 12.3. The van der Waals surface area contributed by atoms with E-state index in [4.69, 9.17) is 11.6 Å². The molecule has 0 saturated heterocycles. The van der Waals surface area contributed by atoms with Crippen LogP contribution < -0.4 is 0 Å². The average molecular weight is 228 g/mol. The van der Waals surface area contributed by atoms with Crippen LogP contribution in [0.2, 0.25) is 5.02 Å². The van der Waals surface area contributed by atoms with E-state index >= 15 is 0 Å².